The first kappa shape index (κ1) is 20.6. The Bertz CT molecular complexity index is 1020. The zero-order valence-corrected chi connectivity index (χ0v) is 18.3. The van der Waals surface area contributed by atoms with Crippen LogP contribution in [0, 0.1) is 0 Å². The lowest BCUT2D eigenvalue weighted by Gasteiger charge is -2.18. The molecule has 5 nitrogen and oxygen atoms in total. The normalized spacial score (nSPS) is 17.0. The van der Waals surface area contributed by atoms with Crippen molar-refractivity contribution in [3.63, 3.8) is 0 Å². The second kappa shape index (κ2) is 8.23. The average molecular weight is 424 g/mol. The van der Waals surface area contributed by atoms with Crippen LogP contribution in [0.5, 0.6) is 0 Å². The maximum absolute atomic E-state index is 12.5. The van der Waals surface area contributed by atoms with E-state index in [1.807, 2.05) is 41.3 Å². The molecule has 0 N–H and O–H groups in total. The second-order valence-corrected chi connectivity index (χ2v) is 9.34. The molecule has 1 aliphatic rings. The van der Waals surface area contributed by atoms with Gasteiger partial charge in [0.25, 0.3) is 5.89 Å². The summed E-state index contributed by atoms with van der Waals surface area (Å²) in [4.78, 5) is 18.9. The van der Waals surface area contributed by atoms with Gasteiger partial charge in [-0.25, -0.2) is 0 Å². The summed E-state index contributed by atoms with van der Waals surface area (Å²) < 4.78 is 5.50. The van der Waals surface area contributed by atoms with Crippen molar-refractivity contribution in [2.75, 3.05) is 13.1 Å². The molecule has 1 aromatic heterocycles. The Labute approximate surface area is 182 Å². The van der Waals surface area contributed by atoms with Gasteiger partial charge in [-0.3, -0.25) is 4.79 Å². The van der Waals surface area contributed by atoms with Crippen LogP contribution >= 0.6 is 11.6 Å². The van der Waals surface area contributed by atoms with Gasteiger partial charge < -0.3 is 9.42 Å². The Morgan fingerprint density at radius 2 is 1.80 bits per heavy atom. The van der Waals surface area contributed by atoms with Gasteiger partial charge in [0.1, 0.15) is 0 Å². The highest BCUT2D eigenvalue weighted by atomic mass is 35.5. The minimum atomic E-state index is -0.0333. The molecule has 1 atom stereocenters. The third-order valence-corrected chi connectivity index (χ3v) is 5.85. The monoisotopic (exact) mass is 423 g/mol. The fraction of sp³-hybridized carbons (Fsp3) is 0.375. The van der Waals surface area contributed by atoms with Crippen molar-refractivity contribution in [1.29, 1.82) is 0 Å². The summed E-state index contributed by atoms with van der Waals surface area (Å²) in [5.41, 5.74) is 3.41. The van der Waals surface area contributed by atoms with E-state index in [1.54, 1.807) is 0 Å². The molecule has 6 heteroatoms. The van der Waals surface area contributed by atoms with Crippen LogP contribution in [0.25, 0.3) is 11.5 Å². The second-order valence-electron chi connectivity index (χ2n) is 8.90. The quantitative estimate of drug-likeness (QED) is 0.562. The number of likely N-dealkylation sites (tertiary alicyclic amines) is 1. The topological polar surface area (TPSA) is 59.2 Å². The van der Waals surface area contributed by atoms with Gasteiger partial charge in [-0.2, -0.15) is 4.98 Å². The lowest BCUT2D eigenvalue weighted by Crippen LogP contribution is -2.27. The summed E-state index contributed by atoms with van der Waals surface area (Å²) in [5.74, 6) is 1.20. The van der Waals surface area contributed by atoms with Gasteiger partial charge in [0.2, 0.25) is 5.91 Å². The molecule has 3 aromatic rings. The van der Waals surface area contributed by atoms with Crippen LogP contribution in [0.4, 0.5) is 0 Å². The van der Waals surface area contributed by atoms with Crippen LogP contribution in [0.15, 0.2) is 53.1 Å². The van der Waals surface area contributed by atoms with Crippen LogP contribution in [0.2, 0.25) is 5.02 Å². The number of nitrogens with zero attached hydrogens (tertiary/aromatic N) is 3. The Kier molecular flexibility index (Phi) is 5.65. The molecule has 0 aliphatic carbocycles. The van der Waals surface area contributed by atoms with Crippen molar-refractivity contribution in [2.24, 2.45) is 0 Å². The van der Waals surface area contributed by atoms with E-state index in [-0.39, 0.29) is 17.2 Å². The number of hydrogen-bond acceptors (Lipinski definition) is 4. The predicted molar refractivity (Wildman–Crippen MR) is 118 cm³/mol. The van der Waals surface area contributed by atoms with Crippen molar-refractivity contribution in [3.8, 4) is 11.5 Å². The largest absolute Gasteiger partial charge is 0.342 e. The summed E-state index contributed by atoms with van der Waals surface area (Å²) in [6.07, 6.45) is 1.22. The molecule has 0 radical (unpaired) electrons. The zero-order chi connectivity index (χ0) is 21.3. The highest BCUT2D eigenvalue weighted by molar-refractivity contribution is 6.30. The third kappa shape index (κ3) is 4.57. The Morgan fingerprint density at radius 1 is 1.10 bits per heavy atom. The summed E-state index contributed by atoms with van der Waals surface area (Å²) >= 11 is 5.94. The predicted octanol–water partition coefficient (Wildman–Crippen LogP) is 5.25. The number of hydrogen-bond donors (Lipinski definition) is 0. The molecule has 1 fully saturated rings. The van der Waals surface area contributed by atoms with E-state index in [1.165, 1.54) is 5.56 Å². The van der Waals surface area contributed by atoms with E-state index >= 15 is 0 Å². The van der Waals surface area contributed by atoms with Gasteiger partial charge in [-0.05, 0) is 47.2 Å². The molecule has 0 saturated carbocycles. The van der Waals surface area contributed by atoms with Gasteiger partial charge in [0.05, 0.1) is 0 Å². The maximum Gasteiger partial charge on any atom is 0.257 e. The summed E-state index contributed by atoms with van der Waals surface area (Å²) in [6.45, 7) is 7.85. The first-order valence-corrected chi connectivity index (χ1v) is 10.6. The number of aromatic nitrogens is 2. The number of halogens is 1. The lowest BCUT2D eigenvalue weighted by molar-refractivity contribution is -0.127. The van der Waals surface area contributed by atoms with E-state index < -0.39 is 0 Å². The van der Waals surface area contributed by atoms with Gasteiger partial charge in [-0.1, -0.05) is 61.8 Å². The van der Waals surface area contributed by atoms with Gasteiger partial charge in [0.15, 0.2) is 5.82 Å². The smallest absolute Gasteiger partial charge is 0.257 e. The van der Waals surface area contributed by atoms with Crippen molar-refractivity contribution in [3.05, 3.63) is 70.5 Å². The minimum Gasteiger partial charge on any atom is -0.342 e. The number of benzene rings is 2. The molecule has 1 aliphatic heterocycles. The van der Waals surface area contributed by atoms with Crippen LogP contribution < -0.4 is 0 Å². The van der Waals surface area contributed by atoms with Crippen molar-refractivity contribution < 1.29 is 9.32 Å². The minimum absolute atomic E-state index is 0.0333. The number of amides is 1. The van der Waals surface area contributed by atoms with Gasteiger partial charge in [-0.15, -0.1) is 0 Å². The molecule has 30 heavy (non-hydrogen) atoms. The van der Waals surface area contributed by atoms with Crippen LogP contribution in [0.1, 0.15) is 50.1 Å². The van der Waals surface area contributed by atoms with Crippen molar-refractivity contribution >= 4 is 17.5 Å². The van der Waals surface area contributed by atoms with E-state index in [0.717, 1.165) is 22.6 Å². The third-order valence-electron chi connectivity index (χ3n) is 5.60. The molecular weight excluding hydrogens is 398 g/mol. The van der Waals surface area contributed by atoms with Crippen molar-refractivity contribution in [1.82, 2.24) is 15.0 Å². The molecule has 156 valence electrons. The van der Waals surface area contributed by atoms with Gasteiger partial charge >= 0.3 is 0 Å². The number of carbonyl (C=O) groups excluding carboxylic acids is 1. The van der Waals surface area contributed by atoms with E-state index in [2.05, 4.69) is 43.0 Å². The van der Waals surface area contributed by atoms with E-state index in [0.29, 0.717) is 31.2 Å². The molecule has 1 saturated heterocycles. The summed E-state index contributed by atoms with van der Waals surface area (Å²) in [5, 5.41) is 4.88. The zero-order valence-electron chi connectivity index (χ0n) is 17.6. The molecule has 1 amide bonds. The van der Waals surface area contributed by atoms with Crippen molar-refractivity contribution in [2.45, 2.75) is 44.9 Å². The molecule has 4 rings (SSSR count). The summed E-state index contributed by atoms with van der Waals surface area (Å²) in [7, 11) is 0. The molecule has 2 aromatic carbocycles. The highest BCUT2D eigenvalue weighted by Gasteiger charge is 2.33. The molecular formula is C24H26ClN3O2. The first-order chi connectivity index (χ1) is 14.3. The molecule has 1 unspecified atom stereocenters. The lowest BCUT2D eigenvalue weighted by atomic mass is 9.87. The van der Waals surface area contributed by atoms with Crippen LogP contribution in [-0.4, -0.2) is 34.0 Å². The average Bonchev–Trinajstić information content (AvgIpc) is 3.34. The summed E-state index contributed by atoms with van der Waals surface area (Å²) in [6, 6.07) is 16.0. The number of rotatable bonds is 5. The molecule has 0 spiro atoms. The Hall–Kier alpha value is -2.66. The van der Waals surface area contributed by atoms with Gasteiger partial charge in [0, 0.05) is 36.0 Å². The maximum atomic E-state index is 12.5. The SMILES string of the molecule is CC(C)(C)c1ccc(-c2nc(C3CC(=O)N(CCc4ccc(Cl)cc4)C3)no2)cc1. The fourth-order valence-corrected chi connectivity index (χ4v) is 3.83. The van der Waals surface area contributed by atoms with E-state index in [9.17, 15) is 4.79 Å². The first-order valence-electron chi connectivity index (χ1n) is 10.3. The standard InChI is InChI=1S/C24H26ClN3O2/c1-24(2,3)19-8-6-17(7-9-19)23-26-22(27-30-23)18-14-21(29)28(15-18)13-12-16-4-10-20(25)11-5-16/h4-11,18H,12-15H2,1-3H3. The molecule has 0 bridgehead atoms. The number of carbonyl (C=O) groups is 1. The van der Waals surface area contributed by atoms with Crippen LogP contribution in [0.3, 0.4) is 0 Å². The highest BCUT2D eigenvalue weighted by Crippen LogP contribution is 2.29. The molecule has 2 heterocycles. The van der Waals surface area contributed by atoms with Crippen LogP contribution in [-0.2, 0) is 16.6 Å². The Balaban J connectivity index is 1.40. The Morgan fingerprint density at radius 3 is 2.47 bits per heavy atom. The fourth-order valence-electron chi connectivity index (χ4n) is 3.71. The van der Waals surface area contributed by atoms with E-state index in [4.69, 9.17) is 16.1 Å².